The molecule has 0 fully saturated rings. The molecule has 0 aliphatic heterocycles. The van der Waals surface area contributed by atoms with Gasteiger partial charge in [-0.2, -0.15) is 10.2 Å². The summed E-state index contributed by atoms with van der Waals surface area (Å²) in [6, 6.07) is 10.9. The smallest absolute Gasteiger partial charge is 0.0651 e. The quantitative estimate of drug-likeness (QED) is 0.912. The van der Waals surface area contributed by atoms with Gasteiger partial charge in [-0.15, -0.1) is 0 Å². The Balaban J connectivity index is 2.48. The summed E-state index contributed by atoms with van der Waals surface area (Å²) >= 11 is 0. The van der Waals surface area contributed by atoms with E-state index < -0.39 is 0 Å². The van der Waals surface area contributed by atoms with Crippen LogP contribution in [0.25, 0.3) is 0 Å². The molecule has 1 unspecified atom stereocenters. The van der Waals surface area contributed by atoms with Crippen molar-refractivity contribution in [1.82, 2.24) is 15.5 Å². The van der Waals surface area contributed by atoms with Gasteiger partial charge in [0, 0.05) is 0 Å². The Morgan fingerprint density at radius 2 is 1.89 bits per heavy atom. The molecule has 1 N–H and O–H groups in total. The van der Waals surface area contributed by atoms with Crippen molar-refractivity contribution >= 4 is 0 Å². The first-order chi connectivity index (χ1) is 9.11. The minimum Gasteiger partial charge on any atom is -0.306 e. The normalized spacial score (nSPS) is 12.4. The van der Waals surface area contributed by atoms with Crippen molar-refractivity contribution in [3.05, 3.63) is 58.4 Å². The second kappa shape index (κ2) is 5.93. The van der Waals surface area contributed by atoms with E-state index >= 15 is 0 Å². The van der Waals surface area contributed by atoms with E-state index in [4.69, 9.17) is 0 Å². The van der Waals surface area contributed by atoms with Crippen LogP contribution in [-0.4, -0.2) is 16.7 Å². The molecule has 2 aromatic rings. The highest BCUT2D eigenvalue weighted by Gasteiger charge is 2.16. The Morgan fingerprint density at radius 1 is 1.11 bits per heavy atom. The van der Waals surface area contributed by atoms with E-state index in [1.807, 2.05) is 13.8 Å². The van der Waals surface area contributed by atoms with Gasteiger partial charge in [0.15, 0.2) is 0 Å². The molecule has 0 aliphatic carbocycles. The maximum Gasteiger partial charge on any atom is 0.0651 e. The summed E-state index contributed by atoms with van der Waals surface area (Å²) in [6.07, 6.45) is 0. The summed E-state index contributed by atoms with van der Waals surface area (Å²) in [5, 5.41) is 11.9. The maximum absolute atomic E-state index is 4.24. The van der Waals surface area contributed by atoms with Crippen LogP contribution in [-0.2, 0) is 0 Å². The summed E-state index contributed by atoms with van der Waals surface area (Å²) in [4.78, 5) is 0. The van der Waals surface area contributed by atoms with E-state index in [1.54, 1.807) is 0 Å². The molecule has 0 radical (unpaired) electrons. The van der Waals surface area contributed by atoms with Crippen molar-refractivity contribution in [1.29, 1.82) is 0 Å². The molecule has 1 atom stereocenters. The third-order valence-corrected chi connectivity index (χ3v) is 3.23. The lowest BCUT2D eigenvalue weighted by atomic mass is 9.96. The average Bonchev–Trinajstić information content (AvgIpc) is 2.39. The van der Waals surface area contributed by atoms with E-state index in [-0.39, 0.29) is 6.04 Å². The minimum absolute atomic E-state index is 0.180. The van der Waals surface area contributed by atoms with Gasteiger partial charge in [0.2, 0.25) is 0 Å². The molecule has 19 heavy (non-hydrogen) atoms. The Labute approximate surface area is 115 Å². The Kier molecular flexibility index (Phi) is 4.27. The summed E-state index contributed by atoms with van der Waals surface area (Å²) in [7, 11) is 0. The standard InChI is InChI=1S/C16H21N3/c1-5-17-16(14-8-6-7-11(2)9-14)15-10-12(3)18-19-13(15)4/h6-10,16-17H,5H2,1-4H3. The van der Waals surface area contributed by atoms with Gasteiger partial charge in [-0.3, -0.25) is 0 Å². The van der Waals surface area contributed by atoms with E-state index in [2.05, 4.69) is 59.7 Å². The van der Waals surface area contributed by atoms with Gasteiger partial charge < -0.3 is 5.32 Å². The van der Waals surface area contributed by atoms with E-state index in [0.717, 1.165) is 17.9 Å². The average molecular weight is 255 g/mol. The van der Waals surface area contributed by atoms with Crippen LogP contribution in [0.1, 0.15) is 41.0 Å². The molecular weight excluding hydrogens is 234 g/mol. The topological polar surface area (TPSA) is 37.8 Å². The van der Waals surface area contributed by atoms with Crippen LogP contribution in [0.3, 0.4) is 0 Å². The predicted molar refractivity (Wildman–Crippen MR) is 78.2 cm³/mol. The van der Waals surface area contributed by atoms with Gasteiger partial charge in [-0.25, -0.2) is 0 Å². The van der Waals surface area contributed by atoms with Gasteiger partial charge >= 0.3 is 0 Å². The van der Waals surface area contributed by atoms with Crippen molar-refractivity contribution in [2.24, 2.45) is 0 Å². The van der Waals surface area contributed by atoms with Crippen LogP contribution < -0.4 is 5.32 Å². The molecule has 3 nitrogen and oxygen atoms in total. The predicted octanol–water partition coefficient (Wildman–Crippen LogP) is 3.10. The van der Waals surface area contributed by atoms with Crippen molar-refractivity contribution in [3.8, 4) is 0 Å². The van der Waals surface area contributed by atoms with Crippen LogP contribution in [0, 0.1) is 20.8 Å². The molecule has 0 amide bonds. The largest absolute Gasteiger partial charge is 0.306 e. The molecule has 0 saturated heterocycles. The number of benzene rings is 1. The molecule has 2 rings (SSSR count). The molecule has 0 aliphatic rings. The number of aryl methyl sites for hydroxylation is 3. The second-order valence-electron chi connectivity index (χ2n) is 4.93. The third kappa shape index (κ3) is 3.18. The van der Waals surface area contributed by atoms with Crippen LogP contribution in [0.5, 0.6) is 0 Å². The highest BCUT2D eigenvalue weighted by atomic mass is 15.1. The molecule has 1 aromatic carbocycles. The van der Waals surface area contributed by atoms with E-state index in [1.165, 1.54) is 16.7 Å². The van der Waals surface area contributed by atoms with Gasteiger partial charge in [0.25, 0.3) is 0 Å². The summed E-state index contributed by atoms with van der Waals surface area (Å²) in [5.41, 5.74) is 5.70. The highest BCUT2D eigenvalue weighted by molar-refractivity contribution is 5.36. The van der Waals surface area contributed by atoms with Crippen LogP contribution in [0.4, 0.5) is 0 Å². The van der Waals surface area contributed by atoms with Crippen LogP contribution >= 0.6 is 0 Å². The zero-order valence-corrected chi connectivity index (χ0v) is 12.1. The number of nitrogens with one attached hydrogen (secondary N) is 1. The Hall–Kier alpha value is -1.74. The molecule has 1 aromatic heterocycles. The highest BCUT2D eigenvalue weighted by Crippen LogP contribution is 2.24. The lowest BCUT2D eigenvalue weighted by molar-refractivity contribution is 0.620. The number of nitrogens with zero attached hydrogens (tertiary/aromatic N) is 2. The van der Waals surface area contributed by atoms with E-state index in [9.17, 15) is 0 Å². The van der Waals surface area contributed by atoms with Gasteiger partial charge in [0.05, 0.1) is 17.4 Å². The van der Waals surface area contributed by atoms with Crippen LogP contribution in [0.2, 0.25) is 0 Å². The summed E-state index contributed by atoms with van der Waals surface area (Å²) in [5.74, 6) is 0. The van der Waals surface area contributed by atoms with E-state index in [0.29, 0.717) is 0 Å². The molecule has 3 heteroatoms. The molecule has 0 saturated carbocycles. The number of aromatic nitrogens is 2. The van der Waals surface area contributed by atoms with Crippen LogP contribution in [0.15, 0.2) is 30.3 Å². The third-order valence-electron chi connectivity index (χ3n) is 3.23. The second-order valence-corrected chi connectivity index (χ2v) is 4.93. The van der Waals surface area contributed by atoms with Crippen molar-refractivity contribution in [2.75, 3.05) is 6.54 Å². The molecule has 0 bridgehead atoms. The molecule has 0 spiro atoms. The van der Waals surface area contributed by atoms with Gasteiger partial charge in [-0.1, -0.05) is 36.8 Å². The van der Waals surface area contributed by atoms with Crippen molar-refractivity contribution in [3.63, 3.8) is 0 Å². The van der Waals surface area contributed by atoms with Gasteiger partial charge in [0.1, 0.15) is 0 Å². The fourth-order valence-electron chi connectivity index (χ4n) is 2.32. The maximum atomic E-state index is 4.24. The lowest BCUT2D eigenvalue weighted by Gasteiger charge is -2.21. The molecule has 1 heterocycles. The summed E-state index contributed by atoms with van der Waals surface area (Å²) < 4.78 is 0. The number of rotatable bonds is 4. The first-order valence-electron chi connectivity index (χ1n) is 6.72. The van der Waals surface area contributed by atoms with Gasteiger partial charge in [-0.05, 0) is 44.5 Å². The first kappa shape index (κ1) is 13.7. The zero-order chi connectivity index (χ0) is 13.8. The SMILES string of the molecule is CCNC(c1cccc(C)c1)c1cc(C)nnc1C. The molecule has 100 valence electrons. The number of hydrogen-bond acceptors (Lipinski definition) is 3. The first-order valence-corrected chi connectivity index (χ1v) is 6.72. The zero-order valence-electron chi connectivity index (χ0n) is 12.1. The fourth-order valence-corrected chi connectivity index (χ4v) is 2.32. The molecular formula is C16H21N3. The fraction of sp³-hybridized carbons (Fsp3) is 0.375. The number of hydrogen-bond donors (Lipinski definition) is 1. The Morgan fingerprint density at radius 3 is 2.58 bits per heavy atom. The monoisotopic (exact) mass is 255 g/mol. The van der Waals surface area contributed by atoms with Crippen molar-refractivity contribution in [2.45, 2.75) is 33.7 Å². The Bertz CT molecular complexity index is 564. The van der Waals surface area contributed by atoms with Crippen molar-refractivity contribution < 1.29 is 0 Å². The summed E-state index contributed by atoms with van der Waals surface area (Å²) in [6.45, 7) is 9.16. The minimum atomic E-state index is 0.180. The lowest BCUT2D eigenvalue weighted by Crippen LogP contribution is -2.23.